The third-order valence-electron chi connectivity index (χ3n) is 2.88. The van der Waals surface area contributed by atoms with Gasteiger partial charge < -0.3 is 9.90 Å². The molecule has 25 heavy (non-hydrogen) atoms. The largest absolute Gasteiger partial charge is 0.508 e. The molecule has 0 unspecified atom stereocenters. The van der Waals surface area contributed by atoms with Crippen molar-refractivity contribution in [1.82, 2.24) is 0 Å². The third kappa shape index (κ3) is 17.6. The first kappa shape index (κ1) is 27.3. The highest BCUT2D eigenvalue weighted by Gasteiger charge is 2.26. The van der Waals surface area contributed by atoms with Crippen LogP contribution in [0.5, 0.6) is 5.75 Å². The van der Waals surface area contributed by atoms with Gasteiger partial charge in [0.2, 0.25) is 0 Å². The quantitative estimate of drug-likeness (QED) is 0.543. The predicted octanol–water partition coefficient (Wildman–Crippen LogP) is 5.98. The Morgan fingerprint density at radius 2 is 1.36 bits per heavy atom. The van der Waals surface area contributed by atoms with Gasteiger partial charge in [0.15, 0.2) is 0 Å². The Morgan fingerprint density at radius 3 is 1.60 bits per heavy atom. The number of allylic oxidation sites excluding steroid dienone is 3. The molecular weight excluding hydrogens is 310 g/mol. The van der Waals surface area contributed by atoms with Gasteiger partial charge in [0.05, 0.1) is 6.07 Å². The molecule has 1 N–H and O–H groups in total. The molecule has 0 aliphatic heterocycles. The van der Waals surface area contributed by atoms with Crippen molar-refractivity contribution in [3.05, 3.63) is 67.8 Å². The van der Waals surface area contributed by atoms with Crippen molar-refractivity contribution in [3.63, 3.8) is 0 Å². The van der Waals surface area contributed by atoms with Gasteiger partial charge in [0, 0.05) is 6.08 Å². The summed E-state index contributed by atoms with van der Waals surface area (Å²) in [6, 6.07) is 9.25. The molecule has 0 saturated heterocycles. The summed E-state index contributed by atoms with van der Waals surface area (Å²) >= 11 is 0. The molecule has 0 atom stereocenters. The highest BCUT2D eigenvalue weighted by atomic mass is 16.3. The minimum absolute atomic E-state index is 0.159. The molecule has 0 amide bonds. The molecule has 0 fully saturated rings. The van der Waals surface area contributed by atoms with E-state index in [4.69, 9.17) is 10.1 Å². The number of phenols is 1. The molecule has 0 saturated carbocycles. The van der Waals surface area contributed by atoms with E-state index in [0.29, 0.717) is 11.2 Å². The van der Waals surface area contributed by atoms with Gasteiger partial charge in [-0.2, -0.15) is 5.26 Å². The Bertz CT molecular complexity index is 523. The van der Waals surface area contributed by atoms with E-state index in [-0.39, 0.29) is 5.41 Å². The van der Waals surface area contributed by atoms with E-state index in [9.17, 15) is 5.11 Å². The minimum Gasteiger partial charge on any atom is -0.508 e. The molecule has 0 aliphatic rings. The smallest absolute Gasteiger partial charge is 0.115 e. The van der Waals surface area contributed by atoms with Crippen LogP contribution in [0.1, 0.15) is 46.6 Å². The highest BCUT2D eigenvalue weighted by Crippen LogP contribution is 2.36. The van der Waals surface area contributed by atoms with Crippen LogP contribution in [-0.2, 0) is 10.2 Å². The highest BCUT2D eigenvalue weighted by molar-refractivity contribution is 5.30. The monoisotopic (exact) mass is 343 g/mol. The first-order valence-electron chi connectivity index (χ1n) is 7.86. The maximum absolute atomic E-state index is 9.25. The predicted molar refractivity (Wildman–Crippen MR) is 109 cm³/mol. The topological polar surface area (TPSA) is 61.1 Å². The van der Waals surface area contributed by atoms with Gasteiger partial charge in [0.25, 0.3) is 0 Å². The van der Waals surface area contributed by atoms with E-state index < -0.39 is 0 Å². The van der Waals surface area contributed by atoms with E-state index in [1.54, 1.807) is 30.4 Å². The molecule has 0 bridgehead atoms. The Morgan fingerprint density at radius 1 is 1.00 bits per heavy atom. The van der Waals surface area contributed by atoms with Crippen LogP contribution in [0.15, 0.2) is 62.2 Å². The Kier molecular flexibility index (Phi) is 16.3. The number of aromatic hydroxyl groups is 1. The van der Waals surface area contributed by atoms with Gasteiger partial charge in [0.1, 0.15) is 12.5 Å². The summed E-state index contributed by atoms with van der Waals surface area (Å²) in [7, 11) is 0. The van der Waals surface area contributed by atoms with Crippen molar-refractivity contribution in [1.29, 1.82) is 5.26 Å². The Labute approximate surface area is 154 Å². The fraction of sp³-hybridized carbons (Fsp3) is 0.364. The van der Waals surface area contributed by atoms with Crippen molar-refractivity contribution >= 4 is 6.79 Å². The second kappa shape index (κ2) is 15.0. The summed E-state index contributed by atoms with van der Waals surface area (Å²) in [5, 5.41) is 16.8. The molecule has 0 heterocycles. The molecule has 1 aromatic rings. The van der Waals surface area contributed by atoms with Crippen LogP contribution in [0.4, 0.5) is 0 Å². The lowest BCUT2D eigenvalue weighted by Gasteiger charge is -2.33. The van der Waals surface area contributed by atoms with Crippen molar-refractivity contribution < 1.29 is 9.90 Å². The lowest BCUT2D eigenvalue weighted by molar-refractivity contribution is -0.0979. The number of carbonyl (C=O) groups is 1. The number of hydrogen-bond acceptors (Lipinski definition) is 3. The van der Waals surface area contributed by atoms with Crippen molar-refractivity contribution in [2.24, 2.45) is 5.41 Å². The van der Waals surface area contributed by atoms with Gasteiger partial charge in [-0.25, -0.2) is 0 Å². The molecule has 138 valence electrons. The number of nitriles is 1. The van der Waals surface area contributed by atoms with Crippen molar-refractivity contribution in [2.45, 2.75) is 46.5 Å². The van der Waals surface area contributed by atoms with Gasteiger partial charge in [-0.1, -0.05) is 78.6 Å². The van der Waals surface area contributed by atoms with Crippen LogP contribution in [0.2, 0.25) is 0 Å². The Hall–Kier alpha value is -2.60. The minimum atomic E-state index is 0.159. The normalized spacial score (nSPS) is 9.28. The van der Waals surface area contributed by atoms with Crippen LogP contribution in [0, 0.1) is 16.7 Å². The van der Waals surface area contributed by atoms with E-state index in [1.165, 1.54) is 11.6 Å². The zero-order valence-electron chi connectivity index (χ0n) is 16.4. The Balaban J connectivity index is -0.000000402. The van der Waals surface area contributed by atoms with Crippen LogP contribution in [0.3, 0.4) is 0 Å². The number of phenolic OH excluding ortho intramolecular Hbond substituents is 1. The standard InChI is InChI=1S/C14H22O.C4H6.C3H3N.CH2O/c1-13(2,3)10-14(4,5)11-6-8-12(15)9-7-11;1-3-4-2;1-2-3-4;1-2/h6-9,15H,10H2,1-5H3;3-4H,1-2H2;2H,1H2;1H2. The first-order valence-corrected chi connectivity index (χ1v) is 7.86. The van der Waals surface area contributed by atoms with E-state index in [0.717, 1.165) is 6.42 Å². The second-order valence-corrected chi connectivity index (χ2v) is 6.97. The number of benzene rings is 1. The van der Waals surface area contributed by atoms with E-state index in [2.05, 4.69) is 54.4 Å². The summed E-state index contributed by atoms with van der Waals surface area (Å²) in [5.74, 6) is 0.338. The fourth-order valence-electron chi connectivity index (χ4n) is 2.34. The molecule has 0 aromatic heterocycles. The molecule has 1 aromatic carbocycles. The van der Waals surface area contributed by atoms with Crippen molar-refractivity contribution in [2.75, 3.05) is 0 Å². The summed E-state index contributed by atoms with van der Waals surface area (Å²) < 4.78 is 0. The summed E-state index contributed by atoms with van der Waals surface area (Å²) in [5.41, 5.74) is 1.77. The molecule has 1 rings (SSSR count). The van der Waals surface area contributed by atoms with Gasteiger partial charge in [-0.3, -0.25) is 0 Å². The average Bonchev–Trinajstić information content (AvgIpc) is 2.55. The van der Waals surface area contributed by atoms with Crippen LogP contribution < -0.4 is 0 Å². The number of rotatable bonds is 3. The number of nitrogens with zero attached hydrogens (tertiary/aromatic N) is 1. The molecule has 0 radical (unpaired) electrons. The fourth-order valence-corrected chi connectivity index (χ4v) is 2.34. The summed E-state index contributed by atoms with van der Waals surface area (Å²) in [4.78, 5) is 8.00. The average molecular weight is 344 g/mol. The zero-order chi connectivity index (χ0) is 20.5. The zero-order valence-corrected chi connectivity index (χ0v) is 16.4. The maximum Gasteiger partial charge on any atom is 0.115 e. The second-order valence-electron chi connectivity index (χ2n) is 6.97. The number of carbonyl (C=O) groups excluding carboxylic acids is 1. The van der Waals surface area contributed by atoms with E-state index >= 15 is 0 Å². The summed E-state index contributed by atoms with van der Waals surface area (Å²) in [6.07, 6.45) is 5.59. The molecule has 3 nitrogen and oxygen atoms in total. The first-order chi connectivity index (χ1) is 11.5. The maximum atomic E-state index is 9.25. The van der Waals surface area contributed by atoms with Gasteiger partial charge in [-0.05, 0) is 34.9 Å². The SMILES string of the molecule is C=CC#N.C=CC=C.C=O.CC(C)(C)CC(C)(C)c1ccc(O)cc1. The van der Waals surface area contributed by atoms with Crippen LogP contribution >= 0.6 is 0 Å². The molecule has 0 aliphatic carbocycles. The lowest BCUT2D eigenvalue weighted by Crippen LogP contribution is -2.24. The van der Waals surface area contributed by atoms with Gasteiger partial charge in [-0.15, -0.1) is 0 Å². The van der Waals surface area contributed by atoms with Crippen LogP contribution in [-0.4, -0.2) is 11.9 Å². The van der Waals surface area contributed by atoms with Crippen molar-refractivity contribution in [3.8, 4) is 11.8 Å². The third-order valence-corrected chi connectivity index (χ3v) is 2.88. The lowest BCUT2D eigenvalue weighted by atomic mass is 9.72. The molecular formula is C22H33NO2. The van der Waals surface area contributed by atoms with Crippen LogP contribution in [0.25, 0.3) is 0 Å². The van der Waals surface area contributed by atoms with E-state index in [1.807, 2.05) is 18.9 Å². The summed E-state index contributed by atoms with van der Waals surface area (Å²) in [6.45, 7) is 23.1. The van der Waals surface area contributed by atoms with Gasteiger partial charge >= 0.3 is 0 Å². The molecule has 0 spiro atoms. The number of hydrogen-bond donors (Lipinski definition) is 1. The molecule has 3 heteroatoms.